The predicted molar refractivity (Wildman–Crippen MR) is 166 cm³/mol. The molecular weight excluding hydrogens is 498 g/mol. The van der Waals surface area contributed by atoms with Crippen LogP contribution in [0.25, 0.3) is 0 Å². The Kier molecular flexibility index (Phi) is 14.6. The van der Waals surface area contributed by atoms with Crippen LogP contribution in [0, 0.1) is 10.1 Å². The molecule has 0 unspecified atom stereocenters. The monoisotopic (exact) mass is 545 g/mol. The number of hydrogen-bond donors (Lipinski definition) is 2. The molecule has 0 saturated heterocycles. The number of benzene rings is 2. The highest BCUT2D eigenvalue weighted by Crippen LogP contribution is 2.34. The Labute approximate surface area is 240 Å². The first-order chi connectivity index (χ1) is 19.7. The fraction of sp³-hybridized carbons (Fsp3) is 0.515. The van der Waals surface area contributed by atoms with Gasteiger partial charge in [-0.15, -0.1) is 0 Å². The summed E-state index contributed by atoms with van der Waals surface area (Å²) >= 11 is 0. The molecule has 3 aromatic rings. The van der Waals surface area contributed by atoms with Gasteiger partial charge in [-0.05, 0) is 17.5 Å². The molecule has 0 spiro atoms. The third kappa shape index (κ3) is 10.9. The standard InChI is InChI=1S/C33H47N5O2/c1-2-3-4-5-6-7-8-9-10-11-12-13-14-21-26-34-32-31(38(39)40)33(36-27-35-32)37-30(28-22-17-15-18-23-28)29-24-19-16-20-25-29/h15-20,22-25,27,30H,2-14,21,26H2,1H3,(H2,34,35,36,37). The number of anilines is 2. The van der Waals surface area contributed by atoms with Crippen LogP contribution >= 0.6 is 0 Å². The van der Waals surface area contributed by atoms with Crippen LogP contribution < -0.4 is 10.6 Å². The van der Waals surface area contributed by atoms with Crippen molar-refractivity contribution in [3.8, 4) is 0 Å². The van der Waals surface area contributed by atoms with E-state index in [0.29, 0.717) is 6.54 Å². The number of nitro groups is 1. The first-order valence-electron chi connectivity index (χ1n) is 15.3. The van der Waals surface area contributed by atoms with Crippen molar-refractivity contribution >= 4 is 17.3 Å². The minimum absolute atomic E-state index is 0.121. The maximum absolute atomic E-state index is 12.1. The minimum atomic E-state index is -0.400. The average Bonchev–Trinajstić information content (AvgIpc) is 2.98. The number of nitrogens with one attached hydrogen (secondary N) is 2. The zero-order chi connectivity index (χ0) is 28.3. The summed E-state index contributed by atoms with van der Waals surface area (Å²) < 4.78 is 0. The normalized spacial score (nSPS) is 11.1. The molecule has 216 valence electrons. The van der Waals surface area contributed by atoms with Crippen LogP contribution in [-0.2, 0) is 0 Å². The molecule has 0 bridgehead atoms. The van der Waals surface area contributed by atoms with Crippen molar-refractivity contribution in [2.24, 2.45) is 0 Å². The highest BCUT2D eigenvalue weighted by molar-refractivity contribution is 5.70. The molecule has 0 amide bonds. The molecule has 1 heterocycles. The predicted octanol–water partition coefficient (Wildman–Crippen LogP) is 9.48. The summed E-state index contributed by atoms with van der Waals surface area (Å²) in [4.78, 5) is 20.2. The third-order valence-corrected chi connectivity index (χ3v) is 7.37. The van der Waals surface area contributed by atoms with E-state index in [4.69, 9.17) is 0 Å². The first-order valence-corrected chi connectivity index (χ1v) is 15.3. The Morgan fingerprint density at radius 1 is 0.675 bits per heavy atom. The van der Waals surface area contributed by atoms with Crippen molar-refractivity contribution in [2.75, 3.05) is 17.2 Å². The van der Waals surface area contributed by atoms with E-state index in [1.54, 1.807) is 0 Å². The van der Waals surface area contributed by atoms with Gasteiger partial charge in [0, 0.05) is 6.54 Å². The van der Waals surface area contributed by atoms with Gasteiger partial charge in [-0.2, -0.15) is 0 Å². The lowest BCUT2D eigenvalue weighted by Crippen LogP contribution is -2.16. The Morgan fingerprint density at radius 2 is 1.12 bits per heavy atom. The quantitative estimate of drug-likeness (QED) is 0.0786. The molecule has 0 aliphatic heterocycles. The van der Waals surface area contributed by atoms with Crippen molar-refractivity contribution in [2.45, 2.75) is 103 Å². The summed E-state index contributed by atoms with van der Waals surface area (Å²) in [5.41, 5.74) is 1.88. The lowest BCUT2D eigenvalue weighted by molar-refractivity contribution is -0.383. The molecule has 3 rings (SSSR count). The van der Waals surface area contributed by atoms with E-state index in [0.717, 1.165) is 24.0 Å². The smallest absolute Gasteiger partial charge is 0.353 e. The highest BCUT2D eigenvalue weighted by Gasteiger charge is 2.26. The highest BCUT2D eigenvalue weighted by atomic mass is 16.6. The Morgan fingerprint density at radius 3 is 1.60 bits per heavy atom. The largest absolute Gasteiger partial charge is 0.364 e. The molecule has 1 aromatic heterocycles. The molecule has 2 N–H and O–H groups in total. The molecule has 0 radical (unpaired) electrons. The van der Waals surface area contributed by atoms with Gasteiger partial charge in [0.05, 0.1) is 11.0 Å². The summed E-state index contributed by atoms with van der Waals surface area (Å²) in [6, 6.07) is 19.5. The van der Waals surface area contributed by atoms with Crippen molar-refractivity contribution in [1.29, 1.82) is 0 Å². The van der Waals surface area contributed by atoms with E-state index in [1.807, 2.05) is 60.7 Å². The van der Waals surface area contributed by atoms with Crippen LogP contribution in [-0.4, -0.2) is 21.4 Å². The van der Waals surface area contributed by atoms with Gasteiger partial charge in [-0.25, -0.2) is 9.97 Å². The van der Waals surface area contributed by atoms with Gasteiger partial charge in [0.25, 0.3) is 0 Å². The SMILES string of the molecule is CCCCCCCCCCCCCCCCNc1ncnc(NC(c2ccccc2)c2ccccc2)c1[N+](=O)[O-]. The molecule has 0 aliphatic carbocycles. The number of hydrogen-bond acceptors (Lipinski definition) is 6. The van der Waals surface area contributed by atoms with E-state index in [-0.39, 0.29) is 23.4 Å². The number of rotatable bonds is 21. The summed E-state index contributed by atoms with van der Waals surface area (Å²) in [6.45, 7) is 2.92. The maximum atomic E-state index is 12.1. The number of unbranched alkanes of at least 4 members (excludes halogenated alkanes) is 13. The Hall–Kier alpha value is -3.48. The van der Waals surface area contributed by atoms with Crippen LogP contribution in [0.4, 0.5) is 17.3 Å². The summed E-state index contributed by atoms with van der Waals surface area (Å²) in [7, 11) is 0. The van der Waals surface area contributed by atoms with Crippen LogP contribution in [0.2, 0.25) is 0 Å². The van der Waals surface area contributed by atoms with E-state index in [2.05, 4.69) is 27.5 Å². The van der Waals surface area contributed by atoms with Gasteiger partial charge in [-0.1, -0.05) is 151 Å². The van der Waals surface area contributed by atoms with E-state index >= 15 is 0 Å². The van der Waals surface area contributed by atoms with Gasteiger partial charge in [-0.3, -0.25) is 10.1 Å². The average molecular weight is 546 g/mol. The van der Waals surface area contributed by atoms with Gasteiger partial charge in [0.1, 0.15) is 6.33 Å². The summed E-state index contributed by atoms with van der Waals surface area (Å²) in [6.07, 6.45) is 19.6. The lowest BCUT2D eigenvalue weighted by atomic mass is 9.99. The zero-order valence-electron chi connectivity index (χ0n) is 24.2. The fourth-order valence-electron chi connectivity index (χ4n) is 5.10. The van der Waals surface area contributed by atoms with Crippen molar-refractivity contribution in [3.05, 3.63) is 88.2 Å². The van der Waals surface area contributed by atoms with Gasteiger partial charge < -0.3 is 10.6 Å². The molecule has 40 heavy (non-hydrogen) atoms. The second-order valence-corrected chi connectivity index (χ2v) is 10.6. The lowest BCUT2D eigenvalue weighted by Gasteiger charge is -2.20. The minimum Gasteiger partial charge on any atom is -0.364 e. The van der Waals surface area contributed by atoms with Crippen molar-refractivity contribution < 1.29 is 4.92 Å². The second kappa shape index (κ2) is 18.7. The topological polar surface area (TPSA) is 93.0 Å². The van der Waals surface area contributed by atoms with Gasteiger partial charge in [0.15, 0.2) is 0 Å². The van der Waals surface area contributed by atoms with Crippen LogP contribution in [0.15, 0.2) is 67.0 Å². The number of aromatic nitrogens is 2. The van der Waals surface area contributed by atoms with E-state index in [9.17, 15) is 10.1 Å². The maximum Gasteiger partial charge on any atom is 0.353 e. The molecular formula is C33H47N5O2. The van der Waals surface area contributed by atoms with Gasteiger partial charge >= 0.3 is 5.69 Å². The summed E-state index contributed by atoms with van der Waals surface area (Å²) in [5, 5.41) is 18.6. The first kappa shape index (κ1) is 31.1. The zero-order valence-corrected chi connectivity index (χ0v) is 24.2. The molecule has 0 aliphatic rings. The third-order valence-electron chi connectivity index (χ3n) is 7.37. The Balaban J connectivity index is 1.43. The van der Waals surface area contributed by atoms with Crippen molar-refractivity contribution in [3.63, 3.8) is 0 Å². The molecule has 0 fully saturated rings. The van der Waals surface area contributed by atoms with Crippen LogP contribution in [0.3, 0.4) is 0 Å². The van der Waals surface area contributed by atoms with Crippen molar-refractivity contribution in [1.82, 2.24) is 9.97 Å². The summed E-state index contributed by atoms with van der Waals surface area (Å²) in [5.74, 6) is 0.471. The molecule has 0 saturated carbocycles. The van der Waals surface area contributed by atoms with Crippen LogP contribution in [0.5, 0.6) is 0 Å². The van der Waals surface area contributed by atoms with E-state index in [1.165, 1.54) is 83.4 Å². The molecule has 7 nitrogen and oxygen atoms in total. The number of nitrogens with zero attached hydrogens (tertiary/aromatic N) is 3. The second-order valence-electron chi connectivity index (χ2n) is 10.6. The van der Waals surface area contributed by atoms with E-state index < -0.39 is 4.92 Å². The van der Waals surface area contributed by atoms with Gasteiger partial charge in [0.2, 0.25) is 11.6 Å². The molecule has 7 heteroatoms. The fourth-order valence-corrected chi connectivity index (χ4v) is 5.10. The van der Waals surface area contributed by atoms with Crippen LogP contribution in [0.1, 0.15) is 114 Å². The Bertz CT molecular complexity index is 1060. The molecule has 0 atom stereocenters. The molecule has 2 aromatic carbocycles.